The van der Waals surface area contributed by atoms with Crippen molar-refractivity contribution < 1.29 is 0 Å². The number of nitrogens with one attached hydrogen (secondary N) is 1. The van der Waals surface area contributed by atoms with Gasteiger partial charge in [0.2, 0.25) is 0 Å². The molecule has 1 saturated heterocycles. The lowest BCUT2D eigenvalue weighted by molar-refractivity contribution is 0.0485. The SMILES string of the molecule is CCC(C)C1CNC(C)(CC)CN1Cc1ccccc1C. The Labute approximate surface area is 130 Å². The lowest BCUT2D eigenvalue weighted by atomic mass is 9.88. The van der Waals surface area contributed by atoms with E-state index in [0.29, 0.717) is 6.04 Å². The topological polar surface area (TPSA) is 15.3 Å². The van der Waals surface area contributed by atoms with Crippen LogP contribution in [0.5, 0.6) is 0 Å². The maximum atomic E-state index is 3.80. The molecule has 0 spiro atoms. The highest BCUT2D eigenvalue weighted by Gasteiger charge is 2.36. The van der Waals surface area contributed by atoms with E-state index in [1.807, 2.05) is 0 Å². The van der Waals surface area contributed by atoms with Crippen LogP contribution < -0.4 is 5.32 Å². The number of hydrogen-bond acceptors (Lipinski definition) is 2. The maximum absolute atomic E-state index is 3.80. The molecular weight excluding hydrogens is 256 g/mol. The van der Waals surface area contributed by atoms with Crippen molar-refractivity contribution in [2.45, 2.75) is 65.6 Å². The Morgan fingerprint density at radius 2 is 2.05 bits per heavy atom. The number of nitrogens with zero attached hydrogens (tertiary/aromatic N) is 1. The molecule has 3 unspecified atom stereocenters. The molecule has 0 saturated carbocycles. The van der Waals surface area contributed by atoms with Gasteiger partial charge in [-0.3, -0.25) is 4.90 Å². The first-order valence-corrected chi connectivity index (χ1v) is 8.52. The summed E-state index contributed by atoms with van der Waals surface area (Å²) in [6.45, 7) is 14.9. The van der Waals surface area contributed by atoms with Crippen molar-refractivity contribution in [3.8, 4) is 0 Å². The zero-order valence-corrected chi connectivity index (χ0v) is 14.4. The molecule has 1 fully saturated rings. The average Bonchev–Trinajstić information content (AvgIpc) is 2.49. The van der Waals surface area contributed by atoms with Crippen LogP contribution in [-0.2, 0) is 6.54 Å². The molecule has 0 bridgehead atoms. The van der Waals surface area contributed by atoms with E-state index in [9.17, 15) is 0 Å². The highest BCUT2D eigenvalue weighted by Crippen LogP contribution is 2.26. The predicted molar refractivity (Wildman–Crippen MR) is 91.5 cm³/mol. The lowest BCUT2D eigenvalue weighted by Gasteiger charge is -2.48. The van der Waals surface area contributed by atoms with Gasteiger partial charge in [0.15, 0.2) is 0 Å². The van der Waals surface area contributed by atoms with Gasteiger partial charge in [0.05, 0.1) is 0 Å². The molecule has 1 N–H and O–H groups in total. The quantitative estimate of drug-likeness (QED) is 0.881. The first kappa shape index (κ1) is 16.5. The summed E-state index contributed by atoms with van der Waals surface area (Å²) in [5, 5.41) is 3.80. The molecule has 1 aliphatic rings. The van der Waals surface area contributed by atoms with Crippen LogP contribution in [0.2, 0.25) is 0 Å². The van der Waals surface area contributed by atoms with Crippen molar-refractivity contribution in [3.05, 3.63) is 35.4 Å². The van der Waals surface area contributed by atoms with Crippen molar-refractivity contribution in [2.75, 3.05) is 13.1 Å². The van der Waals surface area contributed by atoms with E-state index < -0.39 is 0 Å². The monoisotopic (exact) mass is 288 g/mol. The molecular formula is C19H32N2. The fourth-order valence-corrected chi connectivity index (χ4v) is 3.35. The molecule has 0 amide bonds. The molecule has 2 nitrogen and oxygen atoms in total. The Bertz CT molecular complexity index is 457. The number of rotatable bonds is 5. The second-order valence-electron chi connectivity index (χ2n) is 7.08. The summed E-state index contributed by atoms with van der Waals surface area (Å²) in [5.74, 6) is 0.739. The molecule has 1 aromatic rings. The number of benzene rings is 1. The van der Waals surface area contributed by atoms with Gasteiger partial charge in [-0.2, -0.15) is 0 Å². The molecule has 1 aliphatic heterocycles. The zero-order valence-electron chi connectivity index (χ0n) is 14.4. The summed E-state index contributed by atoms with van der Waals surface area (Å²) < 4.78 is 0. The fraction of sp³-hybridized carbons (Fsp3) is 0.684. The van der Waals surface area contributed by atoms with E-state index in [1.54, 1.807) is 0 Å². The van der Waals surface area contributed by atoms with Crippen LogP contribution in [0.25, 0.3) is 0 Å². The molecule has 0 radical (unpaired) electrons. The van der Waals surface area contributed by atoms with Crippen molar-refractivity contribution >= 4 is 0 Å². The van der Waals surface area contributed by atoms with Crippen LogP contribution in [0.3, 0.4) is 0 Å². The van der Waals surface area contributed by atoms with E-state index in [2.05, 4.69) is 69.1 Å². The number of hydrogen-bond donors (Lipinski definition) is 1. The maximum Gasteiger partial charge on any atom is 0.0278 e. The molecule has 1 aromatic carbocycles. The summed E-state index contributed by atoms with van der Waals surface area (Å²) in [7, 11) is 0. The van der Waals surface area contributed by atoms with Crippen LogP contribution >= 0.6 is 0 Å². The lowest BCUT2D eigenvalue weighted by Crippen LogP contribution is -2.63. The van der Waals surface area contributed by atoms with E-state index in [-0.39, 0.29) is 5.54 Å². The number of aryl methyl sites for hydroxylation is 1. The standard InChI is InChI=1S/C19H32N2/c1-6-15(3)18-12-20-19(5,7-2)14-21(18)13-17-11-9-8-10-16(17)4/h8-11,15,18,20H,6-7,12-14H2,1-5H3. The second kappa shape index (κ2) is 6.93. The van der Waals surface area contributed by atoms with Crippen LogP contribution in [-0.4, -0.2) is 29.6 Å². The molecule has 0 aromatic heterocycles. The fourth-order valence-electron chi connectivity index (χ4n) is 3.35. The third-order valence-corrected chi connectivity index (χ3v) is 5.47. The van der Waals surface area contributed by atoms with Crippen molar-refractivity contribution in [3.63, 3.8) is 0 Å². The normalized spacial score (nSPS) is 28.5. The van der Waals surface area contributed by atoms with Gasteiger partial charge in [-0.15, -0.1) is 0 Å². The molecule has 118 valence electrons. The van der Waals surface area contributed by atoms with E-state index >= 15 is 0 Å². The van der Waals surface area contributed by atoms with Gasteiger partial charge >= 0.3 is 0 Å². The Morgan fingerprint density at radius 1 is 1.33 bits per heavy atom. The highest BCUT2D eigenvalue weighted by atomic mass is 15.3. The summed E-state index contributed by atoms with van der Waals surface area (Å²) in [6, 6.07) is 9.47. The minimum atomic E-state index is 0.257. The van der Waals surface area contributed by atoms with E-state index in [1.165, 1.54) is 24.0 Å². The average molecular weight is 288 g/mol. The van der Waals surface area contributed by atoms with Gasteiger partial charge in [0, 0.05) is 31.2 Å². The Morgan fingerprint density at radius 3 is 2.67 bits per heavy atom. The summed E-state index contributed by atoms with van der Waals surface area (Å²) in [6.07, 6.45) is 2.43. The van der Waals surface area contributed by atoms with Crippen molar-refractivity contribution in [1.29, 1.82) is 0 Å². The highest BCUT2D eigenvalue weighted by molar-refractivity contribution is 5.25. The van der Waals surface area contributed by atoms with Crippen LogP contribution in [0.4, 0.5) is 0 Å². The largest absolute Gasteiger partial charge is 0.309 e. The minimum Gasteiger partial charge on any atom is -0.309 e. The third-order valence-electron chi connectivity index (χ3n) is 5.47. The van der Waals surface area contributed by atoms with E-state index in [0.717, 1.165) is 25.6 Å². The van der Waals surface area contributed by atoms with Gasteiger partial charge in [-0.05, 0) is 37.3 Å². The first-order valence-electron chi connectivity index (χ1n) is 8.52. The molecule has 3 atom stereocenters. The molecule has 1 heterocycles. The van der Waals surface area contributed by atoms with Gasteiger partial charge < -0.3 is 5.32 Å². The Kier molecular flexibility index (Phi) is 5.45. The predicted octanol–water partition coefficient (Wildman–Crippen LogP) is 3.98. The van der Waals surface area contributed by atoms with Gasteiger partial charge in [0.1, 0.15) is 0 Å². The molecule has 2 heteroatoms. The van der Waals surface area contributed by atoms with Gasteiger partial charge in [-0.25, -0.2) is 0 Å². The second-order valence-corrected chi connectivity index (χ2v) is 7.08. The summed E-state index contributed by atoms with van der Waals surface area (Å²) in [5.41, 5.74) is 3.15. The van der Waals surface area contributed by atoms with Crippen LogP contribution in [0.1, 0.15) is 51.7 Å². The Hall–Kier alpha value is -0.860. The number of piperazine rings is 1. The van der Waals surface area contributed by atoms with Crippen LogP contribution in [0.15, 0.2) is 24.3 Å². The summed E-state index contributed by atoms with van der Waals surface area (Å²) in [4.78, 5) is 2.72. The zero-order chi connectivity index (χ0) is 15.5. The van der Waals surface area contributed by atoms with Gasteiger partial charge in [-0.1, -0.05) is 51.5 Å². The minimum absolute atomic E-state index is 0.257. The molecule has 2 rings (SSSR count). The third kappa shape index (κ3) is 3.87. The summed E-state index contributed by atoms with van der Waals surface area (Å²) >= 11 is 0. The van der Waals surface area contributed by atoms with Crippen LogP contribution in [0, 0.1) is 12.8 Å². The Balaban J connectivity index is 2.19. The van der Waals surface area contributed by atoms with Gasteiger partial charge in [0.25, 0.3) is 0 Å². The smallest absolute Gasteiger partial charge is 0.0278 e. The van der Waals surface area contributed by atoms with E-state index in [4.69, 9.17) is 0 Å². The molecule has 21 heavy (non-hydrogen) atoms. The first-order chi connectivity index (χ1) is 9.99. The molecule has 0 aliphatic carbocycles. The van der Waals surface area contributed by atoms with Crippen molar-refractivity contribution in [2.24, 2.45) is 5.92 Å². The van der Waals surface area contributed by atoms with Crippen molar-refractivity contribution in [1.82, 2.24) is 10.2 Å².